The Labute approximate surface area is 199 Å². The molecular weight excluding hydrogens is 434 g/mol. The molecule has 3 heterocycles. The van der Waals surface area contributed by atoms with Crippen LogP contribution in [0, 0.1) is 5.92 Å². The number of carbonyl (C=O) groups is 1. The quantitative estimate of drug-likeness (QED) is 0.577. The number of hydrogen-bond acceptors (Lipinski definition) is 5. The Morgan fingerprint density at radius 3 is 2.09 bits per heavy atom. The second-order valence-corrected chi connectivity index (χ2v) is 9.13. The van der Waals surface area contributed by atoms with Gasteiger partial charge in [-0.2, -0.15) is 0 Å². The number of piperazine rings is 1. The van der Waals surface area contributed by atoms with Gasteiger partial charge >= 0.3 is 0 Å². The Bertz CT molecular complexity index is 1060. The number of amides is 1. The first-order valence-electron chi connectivity index (χ1n) is 11.6. The number of nitrogens with zero attached hydrogens (tertiary/aromatic N) is 5. The SMILES string of the molecule is O=C(C1CCN(c2ccc(-c3ccc(Cl)cc3)nn2)CC1)N1CCN(c2ccccc2)CC1. The highest BCUT2D eigenvalue weighted by molar-refractivity contribution is 6.30. The van der Waals surface area contributed by atoms with Crippen LogP contribution < -0.4 is 9.80 Å². The third kappa shape index (κ3) is 4.96. The molecule has 0 saturated carbocycles. The molecule has 0 unspecified atom stereocenters. The summed E-state index contributed by atoms with van der Waals surface area (Å²) in [7, 11) is 0. The highest BCUT2D eigenvalue weighted by Crippen LogP contribution is 2.26. The highest BCUT2D eigenvalue weighted by Gasteiger charge is 2.31. The van der Waals surface area contributed by atoms with Gasteiger partial charge in [0.1, 0.15) is 0 Å². The zero-order chi connectivity index (χ0) is 22.6. The number of rotatable bonds is 4. The van der Waals surface area contributed by atoms with Gasteiger partial charge in [0.2, 0.25) is 5.91 Å². The largest absolute Gasteiger partial charge is 0.368 e. The van der Waals surface area contributed by atoms with Gasteiger partial charge in [-0.1, -0.05) is 41.9 Å². The summed E-state index contributed by atoms with van der Waals surface area (Å²) in [4.78, 5) is 19.8. The molecule has 0 spiro atoms. The number of para-hydroxylation sites is 1. The van der Waals surface area contributed by atoms with Crippen molar-refractivity contribution >= 4 is 29.0 Å². The second kappa shape index (κ2) is 9.79. The first-order valence-corrected chi connectivity index (χ1v) is 12.0. The molecule has 2 aliphatic heterocycles. The third-order valence-electron chi connectivity index (χ3n) is 6.67. The normalized spacial score (nSPS) is 17.3. The molecule has 1 aromatic heterocycles. The van der Waals surface area contributed by atoms with E-state index in [0.717, 1.165) is 69.2 Å². The van der Waals surface area contributed by atoms with E-state index in [1.807, 2.05) is 42.5 Å². The van der Waals surface area contributed by atoms with E-state index < -0.39 is 0 Å². The minimum Gasteiger partial charge on any atom is -0.368 e. The molecular formula is C26H28ClN5O. The molecule has 1 amide bonds. The van der Waals surface area contributed by atoms with Crippen molar-refractivity contribution in [2.45, 2.75) is 12.8 Å². The summed E-state index contributed by atoms with van der Waals surface area (Å²) in [6.45, 7) is 5.04. The lowest BCUT2D eigenvalue weighted by Gasteiger charge is -2.39. The van der Waals surface area contributed by atoms with Crippen molar-refractivity contribution in [3.05, 3.63) is 71.8 Å². The van der Waals surface area contributed by atoms with E-state index in [2.05, 4.69) is 49.2 Å². The Kier molecular flexibility index (Phi) is 6.44. The fraction of sp³-hybridized carbons (Fsp3) is 0.346. The minimum atomic E-state index is 0.103. The predicted molar refractivity (Wildman–Crippen MR) is 133 cm³/mol. The molecule has 170 valence electrons. The molecule has 0 radical (unpaired) electrons. The van der Waals surface area contributed by atoms with Gasteiger partial charge < -0.3 is 14.7 Å². The number of benzene rings is 2. The van der Waals surface area contributed by atoms with Crippen molar-refractivity contribution in [2.75, 3.05) is 49.1 Å². The summed E-state index contributed by atoms with van der Waals surface area (Å²) in [6.07, 6.45) is 1.72. The van der Waals surface area contributed by atoms with Gasteiger partial charge in [0.25, 0.3) is 0 Å². The van der Waals surface area contributed by atoms with Crippen LogP contribution in [0.25, 0.3) is 11.3 Å². The van der Waals surface area contributed by atoms with Crippen LogP contribution >= 0.6 is 11.6 Å². The number of halogens is 1. The van der Waals surface area contributed by atoms with Crippen molar-refractivity contribution in [2.24, 2.45) is 5.92 Å². The molecule has 5 rings (SSSR count). The second-order valence-electron chi connectivity index (χ2n) is 8.69. The molecule has 2 aliphatic rings. The van der Waals surface area contributed by atoms with Crippen molar-refractivity contribution in [1.82, 2.24) is 15.1 Å². The van der Waals surface area contributed by atoms with Crippen molar-refractivity contribution in [3.8, 4) is 11.3 Å². The zero-order valence-electron chi connectivity index (χ0n) is 18.6. The van der Waals surface area contributed by atoms with Crippen LogP contribution in [0.3, 0.4) is 0 Å². The third-order valence-corrected chi connectivity index (χ3v) is 6.92. The number of carbonyl (C=O) groups excluding carboxylic acids is 1. The molecule has 2 fully saturated rings. The van der Waals surface area contributed by atoms with E-state index >= 15 is 0 Å². The van der Waals surface area contributed by atoms with Gasteiger partial charge in [-0.05, 0) is 49.2 Å². The van der Waals surface area contributed by atoms with E-state index in [4.69, 9.17) is 11.6 Å². The summed E-state index contributed by atoms with van der Waals surface area (Å²) in [5.41, 5.74) is 3.06. The van der Waals surface area contributed by atoms with Crippen molar-refractivity contribution in [1.29, 1.82) is 0 Å². The zero-order valence-corrected chi connectivity index (χ0v) is 19.4. The van der Waals surface area contributed by atoms with Crippen LogP contribution in [0.15, 0.2) is 66.7 Å². The first kappa shape index (κ1) is 21.7. The summed E-state index contributed by atoms with van der Waals surface area (Å²) < 4.78 is 0. The monoisotopic (exact) mass is 461 g/mol. The van der Waals surface area contributed by atoms with Crippen LogP contribution in [-0.4, -0.2) is 60.3 Å². The van der Waals surface area contributed by atoms with E-state index in [-0.39, 0.29) is 5.92 Å². The van der Waals surface area contributed by atoms with Gasteiger partial charge in [-0.25, -0.2) is 0 Å². The molecule has 0 N–H and O–H groups in total. The summed E-state index contributed by atoms with van der Waals surface area (Å²) in [5, 5.41) is 9.55. The Morgan fingerprint density at radius 1 is 0.758 bits per heavy atom. The molecule has 0 aliphatic carbocycles. The maximum atomic E-state index is 13.1. The van der Waals surface area contributed by atoms with Crippen LogP contribution in [0.4, 0.5) is 11.5 Å². The van der Waals surface area contributed by atoms with Gasteiger partial charge in [0.15, 0.2) is 5.82 Å². The van der Waals surface area contributed by atoms with Crippen LogP contribution in [0.2, 0.25) is 5.02 Å². The van der Waals surface area contributed by atoms with Crippen molar-refractivity contribution < 1.29 is 4.79 Å². The Hall–Kier alpha value is -3.12. The lowest BCUT2D eigenvalue weighted by molar-refractivity contribution is -0.136. The lowest BCUT2D eigenvalue weighted by Crippen LogP contribution is -2.51. The molecule has 2 saturated heterocycles. The van der Waals surface area contributed by atoms with E-state index in [9.17, 15) is 4.79 Å². The van der Waals surface area contributed by atoms with Gasteiger partial charge in [-0.15, -0.1) is 10.2 Å². The molecule has 7 heteroatoms. The predicted octanol–water partition coefficient (Wildman–Crippen LogP) is 4.36. The lowest BCUT2D eigenvalue weighted by atomic mass is 9.95. The number of aromatic nitrogens is 2. The maximum Gasteiger partial charge on any atom is 0.225 e. The van der Waals surface area contributed by atoms with Gasteiger partial charge in [-0.3, -0.25) is 4.79 Å². The standard InChI is InChI=1S/C26H28ClN5O/c27-22-8-6-20(7-9-22)24-10-11-25(29-28-24)31-14-12-21(13-15-31)26(33)32-18-16-30(17-19-32)23-4-2-1-3-5-23/h1-11,21H,12-19H2. The van der Waals surface area contributed by atoms with Gasteiger partial charge in [0, 0.05) is 61.5 Å². The fourth-order valence-electron chi connectivity index (χ4n) is 4.71. The molecule has 33 heavy (non-hydrogen) atoms. The summed E-state index contributed by atoms with van der Waals surface area (Å²) in [5.74, 6) is 1.28. The number of anilines is 2. The molecule has 2 aromatic carbocycles. The number of hydrogen-bond donors (Lipinski definition) is 0. The van der Waals surface area contributed by atoms with E-state index in [1.54, 1.807) is 0 Å². The minimum absolute atomic E-state index is 0.103. The Balaban J connectivity index is 1.13. The summed E-state index contributed by atoms with van der Waals surface area (Å²) >= 11 is 5.97. The highest BCUT2D eigenvalue weighted by atomic mass is 35.5. The van der Waals surface area contributed by atoms with Crippen molar-refractivity contribution in [3.63, 3.8) is 0 Å². The first-order chi connectivity index (χ1) is 16.2. The van der Waals surface area contributed by atoms with E-state index in [1.165, 1.54) is 5.69 Å². The maximum absolute atomic E-state index is 13.1. The van der Waals surface area contributed by atoms with Gasteiger partial charge in [0.05, 0.1) is 5.69 Å². The van der Waals surface area contributed by atoms with Crippen LogP contribution in [0.1, 0.15) is 12.8 Å². The van der Waals surface area contributed by atoms with Crippen LogP contribution in [0.5, 0.6) is 0 Å². The molecule has 6 nitrogen and oxygen atoms in total. The number of piperidine rings is 1. The summed E-state index contributed by atoms with van der Waals surface area (Å²) in [6, 6.07) is 22.1. The molecule has 0 atom stereocenters. The molecule has 0 bridgehead atoms. The smallest absolute Gasteiger partial charge is 0.225 e. The average molecular weight is 462 g/mol. The van der Waals surface area contributed by atoms with Crippen LogP contribution in [-0.2, 0) is 4.79 Å². The fourth-order valence-corrected chi connectivity index (χ4v) is 4.83. The topological polar surface area (TPSA) is 52.6 Å². The van der Waals surface area contributed by atoms with E-state index in [0.29, 0.717) is 10.9 Å². The Morgan fingerprint density at radius 2 is 1.45 bits per heavy atom. The average Bonchev–Trinajstić information content (AvgIpc) is 2.90. The molecule has 3 aromatic rings.